The first kappa shape index (κ1) is 9.21. The summed E-state index contributed by atoms with van der Waals surface area (Å²) in [6.45, 7) is 2.02. The molecule has 1 N–H and O–H groups in total. The number of aromatic amines is 1. The lowest BCUT2D eigenvalue weighted by molar-refractivity contribution is 0.969. The average Bonchev–Trinajstić information content (AvgIpc) is 2.84. The van der Waals surface area contributed by atoms with Crippen molar-refractivity contribution in [3.63, 3.8) is 0 Å². The van der Waals surface area contributed by atoms with Gasteiger partial charge in [-0.1, -0.05) is 18.2 Å². The van der Waals surface area contributed by atoms with Crippen molar-refractivity contribution in [2.45, 2.75) is 6.92 Å². The zero-order valence-electron chi connectivity index (χ0n) is 9.36. The van der Waals surface area contributed by atoms with Crippen LogP contribution in [0.1, 0.15) is 5.69 Å². The second-order valence-electron chi connectivity index (χ2n) is 4.09. The molecule has 2 aromatic heterocycles. The number of aromatic nitrogens is 3. The van der Waals surface area contributed by atoms with Crippen molar-refractivity contribution < 1.29 is 0 Å². The minimum Gasteiger partial charge on any atom is -0.350 e. The molecule has 0 fully saturated rings. The number of hydrogen-bond acceptors (Lipinski definition) is 1. The number of imidazole rings is 1. The fourth-order valence-corrected chi connectivity index (χ4v) is 2.08. The van der Waals surface area contributed by atoms with Crippen molar-refractivity contribution in [1.29, 1.82) is 0 Å². The number of fused-ring (bicyclic) bond motifs is 1. The zero-order valence-corrected chi connectivity index (χ0v) is 9.36. The van der Waals surface area contributed by atoms with E-state index in [0.717, 1.165) is 17.1 Å². The van der Waals surface area contributed by atoms with E-state index in [-0.39, 0.29) is 0 Å². The lowest BCUT2D eigenvalue weighted by atomic mass is 10.2. The summed E-state index contributed by atoms with van der Waals surface area (Å²) in [4.78, 5) is 7.65. The highest BCUT2D eigenvalue weighted by molar-refractivity contribution is 5.94. The summed E-state index contributed by atoms with van der Waals surface area (Å²) < 4.78 is 2.13. The fraction of sp³-hybridized carbons (Fsp3) is 0.154. The number of para-hydroxylation sites is 1. The smallest absolute Gasteiger partial charge is 0.139 e. The van der Waals surface area contributed by atoms with Gasteiger partial charge in [0.1, 0.15) is 5.82 Å². The molecule has 0 aliphatic heterocycles. The Morgan fingerprint density at radius 2 is 2.06 bits per heavy atom. The Bertz CT molecular complexity index is 646. The van der Waals surface area contributed by atoms with Crippen molar-refractivity contribution in [3.8, 4) is 11.4 Å². The predicted octanol–water partition coefficient (Wildman–Crippen LogP) is 2.88. The maximum Gasteiger partial charge on any atom is 0.139 e. The van der Waals surface area contributed by atoms with Crippen LogP contribution in [-0.4, -0.2) is 14.5 Å². The van der Waals surface area contributed by atoms with Gasteiger partial charge in [-0.05, 0) is 13.0 Å². The maximum atomic E-state index is 4.38. The third-order valence-electron chi connectivity index (χ3n) is 2.85. The van der Waals surface area contributed by atoms with Gasteiger partial charge in [0, 0.05) is 41.6 Å². The van der Waals surface area contributed by atoms with Crippen LogP contribution < -0.4 is 0 Å². The first-order valence-corrected chi connectivity index (χ1v) is 5.32. The van der Waals surface area contributed by atoms with E-state index >= 15 is 0 Å². The highest BCUT2D eigenvalue weighted by atomic mass is 15.0. The van der Waals surface area contributed by atoms with Gasteiger partial charge in [-0.3, -0.25) is 0 Å². The van der Waals surface area contributed by atoms with Gasteiger partial charge in [-0.15, -0.1) is 0 Å². The SMILES string of the molecule is Cc1cnc(-c2cn(C)c3ccccc23)[nH]1. The summed E-state index contributed by atoms with van der Waals surface area (Å²) in [5, 5.41) is 1.24. The number of rotatable bonds is 1. The van der Waals surface area contributed by atoms with E-state index in [2.05, 4.69) is 52.0 Å². The summed E-state index contributed by atoms with van der Waals surface area (Å²) in [6, 6.07) is 8.36. The van der Waals surface area contributed by atoms with Crippen LogP contribution in [0.5, 0.6) is 0 Å². The average molecular weight is 211 g/mol. The molecule has 0 amide bonds. The van der Waals surface area contributed by atoms with Crippen LogP contribution >= 0.6 is 0 Å². The summed E-state index contributed by atoms with van der Waals surface area (Å²) in [7, 11) is 2.06. The van der Waals surface area contributed by atoms with Crippen molar-refractivity contribution in [1.82, 2.24) is 14.5 Å². The first-order valence-electron chi connectivity index (χ1n) is 5.32. The van der Waals surface area contributed by atoms with Gasteiger partial charge >= 0.3 is 0 Å². The van der Waals surface area contributed by atoms with Gasteiger partial charge in [-0.2, -0.15) is 0 Å². The highest BCUT2D eigenvalue weighted by Gasteiger charge is 2.09. The van der Waals surface area contributed by atoms with Gasteiger partial charge in [0.05, 0.1) is 0 Å². The van der Waals surface area contributed by atoms with Crippen LogP contribution in [-0.2, 0) is 7.05 Å². The van der Waals surface area contributed by atoms with Crippen LogP contribution in [0.4, 0.5) is 0 Å². The third kappa shape index (κ3) is 1.25. The molecule has 0 atom stereocenters. The number of hydrogen-bond donors (Lipinski definition) is 1. The monoisotopic (exact) mass is 211 g/mol. The van der Waals surface area contributed by atoms with Gasteiger partial charge < -0.3 is 9.55 Å². The molecule has 2 heterocycles. The Hall–Kier alpha value is -2.03. The quantitative estimate of drug-likeness (QED) is 0.659. The number of aryl methyl sites for hydroxylation is 2. The normalized spacial score (nSPS) is 11.1. The van der Waals surface area contributed by atoms with Crippen LogP contribution in [0.3, 0.4) is 0 Å². The Labute approximate surface area is 93.7 Å². The Morgan fingerprint density at radius 3 is 2.81 bits per heavy atom. The molecule has 1 aromatic carbocycles. The molecule has 16 heavy (non-hydrogen) atoms. The number of H-pyrrole nitrogens is 1. The molecule has 0 spiro atoms. The van der Waals surface area contributed by atoms with Crippen LogP contribution in [0.15, 0.2) is 36.7 Å². The number of nitrogens with one attached hydrogen (secondary N) is 1. The Balaban J connectivity index is 2.32. The lowest BCUT2D eigenvalue weighted by Crippen LogP contribution is -1.82. The third-order valence-corrected chi connectivity index (χ3v) is 2.85. The lowest BCUT2D eigenvalue weighted by Gasteiger charge is -1.94. The van der Waals surface area contributed by atoms with Crippen LogP contribution in [0, 0.1) is 6.92 Å². The van der Waals surface area contributed by atoms with Gasteiger partial charge in [0.15, 0.2) is 0 Å². The number of benzene rings is 1. The van der Waals surface area contributed by atoms with Gasteiger partial charge in [-0.25, -0.2) is 4.98 Å². The molecule has 0 aliphatic rings. The van der Waals surface area contributed by atoms with E-state index in [4.69, 9.17) is 0 Å². The zero-order chi connectivity index (χ0) is 11.1. The van der Waals surface area contributed by atoms with Crippen LogP contribution in [0.2, 0.25) is 0 Å². The minimum atomic E-state index is 0.939. The first-order chi connectivity index (χ1) is 7.75. The molecular weight excluding hydrogens is 198 g/mol. The molecule has 0 radical (unpaired) electrons. The van der Waals surface area contributed by atoms with E-state index in [9.17, 15) is 0 Å². The Morgan fingerprint density at radius 1 is 1.25 bits per heavy atom. The molecule has 3 heteroatoms. The minimum absolute atomic E-state index is 0.939. The topological polar surface area (TPSA) is 33.6 Å². The number of nitrogens with zero attached hydrogens (tertiary/aromatic N) is 2. The summed E-state index contributed by atoms with van der Waals surface area (Å²) in [5.74, 6) is 0.939. The molecular formula is C13H13N3. The summed E-state index contributed by atoms with van der Waals surface area (Å²) >= 11 is 0. The summed E-state index contributed by atoms with van der Waals surface area (Å²) in [6.07, 6.45) is 3.97. The largest absolute Gasteiger partial charge is 0.350 e. The van der Waals surface area contributed by atoms with E-state index < -0.39 is 0 Å². The van der Waals surface area contributed by atoms with E-state index in [0.29, 0.717) is 0 Å². The van der Waals surface area contributed by atoms with Crippen molar-refractivity contribution in [2.75, 3.05) is 0 Å². The Kier molecular flexibility index (Phi) is 1.86. The fourth-order valence-electron chi connectivity index (χ4n) is 2.08. The van der Waals surface area contributed by atoms with Crippen molar-refractivity contribution in [3.05, 3.63) is 42.4 Å². The second-order valence-corrected chi connectivity index (χ2v) is 4.09. The molecule has 3 aromatic rings. The molecule has 0 unspecified atom stereocenters. The standard InChI is InChI=1S/C13H13N3/c1-9-7-14-13(15-9)11-8-16(2)12-6-4-3-5-10(11)12/h3-8H,1-2H3,(H,14,15). The molecule has 3 rings (SSSR count). The molecule has 3 nitrogen and oxygen atoms in total. The van der Waals surface area contributed by atoms with E-state index in [1.54, 1.807) is 0 Å². The molecule has 80 valence electrons. The molecule has 0 saturated heterocycles. The van der Waals surface area contributed by atoms with Gasteiger partial charge in [0.25, 0.3) is 0 Å². The van der Waals surface area contributed by atoms with Gasteiger partial charge in [0.2, 0.25) is 0 Å². The van der Waals surface area contributed by atoms with Crippen molar-refractivity contribution in [2.24, 2.45) is 7.05 Å². The summed E-state index contributed by atoms with van der Waals surface area (Å²) in [5.41, 5.74) is 3.47. The van der Waals surface area contributed by atoms with Crippen molar-refractivity contribution >= 4 is 10.9 Å². The second kappa shape index (κ2) is 3.23. The molecule has 0 saturated carbocycles. The highest BCUT2D eigenvalue weighted by Crippen LogP contribution is 2.27. The maximum absolute atomic E-state index is 4.38. The molecule has 0 bridgehead atoms. The predicted molar refractivity (Wildman–Crippen MR) is 65.2 cm³/mol. The van der Waals surface area contributed by atoms with E-state index in [1.165, 1.54) is 10.9 Å². The molecule has 0 aliphatic carbocycles. The van der Waals surface area contributed by atoms with Crippen LogP contribution in [0.25, 0.3) is 22.3 Å². The van der Waals surface area contributed by atoms with E-state index in [1.807, 2.05) is 13.1 Å².